The molecule has 0 unspecified atom stereocenters. The van der Waals surface area contributed by atoms with Gasteiger partial charge in [-0.1, -0.05) is 0 Å². The number of imidazole rings is 2. The smallest absolute Gasteiger partial charge is 0.0949 e. The van der Waals surface area contributed by atoms with Gasteiger partial charge >= 0.3 is 0 Å². The Balaban J connectivity index is 1.70. The highest BCUT2D eigenvalue weighted by Crippen LogP contribution is 2.06. The van der Waals surface area contributed by atoms with Crippen LogP contribution in [0.2, 0.25) is 0 Å². The maximum Gasteiger partial charge on any atom is 0.0949 e. The molecule has 0 atom stereocenters. The van der Waals surface area contributed by atoms with Crippen LogP contribution in [0.15, 0.2) is 49.6 Å². The third-order valence-electron chi connectivity index (χ3n) is 2.63. The van der Waals surface area contributed by atoms with Crippen molar-refractivity contribution in [3.05, 3.63) is 61.0 Å². The van der Waals surface area contributed by atoms with E-state index >= 15 is 0 Å². The van der Waals surface area contributed by atoms with Crippen molar-refractivity contribution in [2.45, 2.75) is 13.1 Å². The molecule has 0 radical (unpaired) electrons. The minimum atomic E-state index is 0.823. The fraction of sp³-hybridized carbons (Fsp3) is 0.167. The van der Waals surface area contributed by atoms with Crippen LogP contribution in [0.25, 0.3) is 0 Å². The van der Waals surface area contributed by atoms with E-state index in [1.54, 1.807) is 12.4 Å². The number of H-pyrrole nitrogens is 1. The van der Waals surface area contributed by atoms with Gasteiger partial charge in [0.1, 0.15) is 0 Å². The molecule has 0 aliphatic rings. The topological polar surface area (TPSA) is 51.4 Å². The van der Waals surface area contributed by atoms with Gasteiger partial charge in [-0.05, 0) is 12.1 Å². The molecule has 0 aliphatic carbocycles. The molecule has 5 heteroatoms. The Morgan fingerprint density at radius 1 is 0.882 bits per heavy atom. The van der Waals surface area contributed by atoms with Crippen molar-refractivity contribution in [1.29, 1.82) is 0 Å². The minimum absolute atomic E-state index is 0.823. The summed E-state index contributed by atoms with van der Waals surface area (Å²) >= 11 is 0. The molecule has 0 aromatic carbocycles. The summed E-state index contributed by atoms with van der Waals surface area (Å²) in [6.45, 7) is 1.65. The second-order valence-electron chi connectivity index (χ2n) is 3.98. The third kappa shape index (κ3) is 2.28. The fourth-order valence-electron chi connectivity index (χ4n) is 1.83. The second-order valence-corrected chi connectivity index (χ2v) is 3.98. The van der Waals surface area contributed by atoms with Crippen LogP contribution in [0.1, 0.15) is 11.4 Å². The summed E-state index contributed by atoms with van der Waals surface area (Å²) in [5.74, 6) is 0. The number of hydrogen-bond acceptors (Lipinski definition) is 2. The maximum absolute atomic E-state index is 4.02. The summed E-state index contributed by atoms with van der Waals surface area (Å²) in [5.41, 5.74) is 2.36. The van der Waals surface area contributed by atoms with Gasteiger partial charge in [-0.3, -0.25) is 0 Å². The van der Waals surface area contributed by atoms with E-state index in [-0.39, 0.29) is 0 Å². The van der Waals surface area contributed by atoms with Crippen LogP contribution in [0.5, 0.6) is 0 Å². The first-order chi connectivity index (χ1) is 8.40. The average molecular weight is 227 g/mol. The van der Waals surface area contributed by atoms with Crippen molar-refractivity contribution in [3.8, 4) is 0 Å². The average Bonchev–Trinajstić information content (AvgIpc) is 3.02. The van der Waals surface area contributed by atoms with Crippen molar-refractivity contribution in [2.24, 2.45) is 0 Å². The standard InChI is InChI=1S/C12H13N5/c1-2-12(8-17-6-4-14-10-17)15-11(1)7-16-5-3-13-9-16/h1-6,9-10,15H,7-8H2. The summed E-state index contributed by atoms with van der Waals surface area (Å²) in [6, 6.07) is 4.21. The molecule has 0 saturated heterocycles. The molecule has 17 heavy (non-hydrogen) atoms. The van der Waals surface area contributed by atoms with Crippen LogP contribution < -0.4 is 0 Å². The lowest BCUT2D eigenvalue weighted by atomic mass is 10.4. The Bertz CT molecular complexity index is 511. The quantitative estimate of drug-likeness (QED) is 0.734. The first-order valence-electron chi connectivity index (χ1n) is 5.48. The zero-order valence-electron chi connectivity index (χ0n) is 9.32. The lowest BCUT2D eigenvalue weighted by Crippen LogP contribution is -1.99. The molecule has 0 fully saturated rings. The van der Waals surface area contributed by atoms with Gasteiger partial charge in [-0.15, -0.1) is 0 Å². The molecule has 0 saturated carbocycles. The van der Waals surface area contributed by atoms with E-state index in [9.17, 15) is 0 Å². The number of aromatic nitrogens is 5. The monoisotopic (exact) mass is 227 g/mol. The molecular weight excluding hydrogens is 214 g/mol. The second kappa shape index (κ2) is 4.29. The van der Waals surface area contributed by atoms with Crippen LogP contribution in [0.4, 0.5) is 0 Å². The van der Waals surface area contributed by atoms with E-state index in [1.165, 1.54) is 11.4 Å². The van der Waals surface area contributed by atoms with E-state index in [0.29, 0.717) is 0 Å². The van der Waals surface area contributed by atoms with E-state index in [0.717, 1.165) is 13.1 Å². The Morgan fingerprint density at radius 3 is 1.82 bits per heavy atom. The molecule has 3 aromatic heterocycles. The molecule has 3 heterocycles. The van der Waals surface area contributed by atoms with E-state index in [1.807, 2.05) is 34.2 Å². The summed E-state index contributed by atoms with van der Waals surface area (Å²) in [4.78, 5) is 11.4. The van der Waals surface area contributed by atoms with Gasteiger partial charge in [0.05, 0.1) is 25.7 Å². The molecular formula is C12H13N5. The molecule has 1 N–H and O–H groups in total. The van der Waals surface area contributed by atoms with Gasteiger partial charge in [-0.25, -0.2) is 9.97 Å². The molecule has 0 amide bonds. The lowest BCUT2D eigenvalue weighted by molar-refractivity contribution is 0.749. The number of rotatable bonds is 4. The van der Waals surface area contributed by atoms with Gasteiger partial charge in [0, 0.05) is 36.2 Å². The zero-order chi connectivity index (χ0) is 11.5. The van der Waals surface area contributed by atoms with Gasteiger partial charge in [-0.2, -0.15) is 0 Å². The van der Waals surface area contributed by atoms with Gasteiger partial charge in [0.15, 0.2) is 0 Å². The van der Waals surface area contributed by atoms with Gasteiger partial charge < -0.3 is 14.1 Å². The Hall–Kier alpha value is -2.30. The first-order valence-corrected chi connectivity index (χ1v) is 5.48. The highest BCUT2D eigenvalue weighted by Gasteiger charge is 2.00. The SMILES string of the molecule is c1cn(Cc2ccc(Cn3ccnc3)[nH]2)cn1. The normalized spacial score (nSPS) is 10.8. The number of aromatic amines is 1. The van der Waals surface area contributed by atoms with Crippen molar-refractivity contribution in [3.63, 3.8) is 0 Å². The summed E-state index contributed by atoms with van der Waals surface area (Å²) in [7, 11) is 0. The minimum Gasteiger partial charge on any atom is -0.359 e. The number of hydrogen-bond donors (Lipinski definition) is 1. The largest absolute Gasteiger partial charge is 0.359 e. The molecule has 0 bridgehead atoms. The Morgan fingerprint density at radius 2 is 1.41 bits per heavy atom. The summed E-state index contributed by atoms with van der Waals surface area (Å²) in [6.07, 6.45) is 11.1. The lowest BCUT2D eigenvalue weighted by Gasteiger charge is -2.01. The Labute approximate surface area is 98.8 Å². The predicted octanol–water partition coefficient (Wildman–Crippen LogP) is 1.50. The van der Waals surface area contributed by atoms with Crippen molar-refractivity contribution in [1.82, 2.24) is 24.1 Å². The highest BCUT2D eigenvalue weighted by atomic mass is 15.0. The van der Waals surface area contributed by atoms with E-state index in [2.05, 4.69) is 27.1 Å². The van der Waals surface area contributed by atoms with Crippen LogP contribution >= 0.6 is 0 Å². The van der Waals surface area contributed by atoms with Crippen molar-refractivity contribution < 1.29 is 0 Å². The van der Waals surface area contributed by atoms with Crippen LogP contribution in [0.3, 0.4) is 0 Å². The van der Waals surface area contributed by atoms with E-state index < -0.39 is 0 Å². The number of nitrogens with zero attached hydrogens (tertiary/aromatic N) is 4. The molecule has 0 aliphatic heterocycles. The van der Waals surface area contributed by atoms with Crippen LogP contribution in [-0.2, 0) is 13.1 Å². The first kappa shape index (κ1) is 9.89. The van der Waals surface area contributed by atoms with Crippen molar-refractivity contribution >= 4 is 0 Å². The molecule has 5 nitrogen and oxygen atoms in total. The van der Waals surface area contributed by atoms with Gasteiger partial charge in [0.25, 0.3) is 0 Å². The number of nitrogens with one attached hydrogen (secondary N) is 1. The summed E-state index contributed by atoms with van der Waals surface area (Å²) in [5, 5.41) is 0. The summed E-state index contributed by atoms with van der Waals surface area (Å²) < 4.78 is 4.07. The molecule has 3 rings (SSSR count). The van der Waals surface area contributed by atoms with Crippen molar-refractivity contribution in [2.75, 3.05) is 0 Å². The maximum atomic E-state index is 4.02. The van der Waals surface area contributed by atoms with Gasteiger partial charge in [0.2, 0.25) is 0 Å². The van der Waals surface area contributed by atoms with E-state index in [4.69, 9.17) is 0 Å². The zero-order valence-corrected chi connectivity index (χ0v) is 9.32. The molecule has 3 aromatic rings. The van der Waals surface area contributed by atoms with Crippen LogP contribution in [0, 0.1) is 0 Å². The third-order valence-corrected chi connectivity index (χ3v) is 2.63. The fourth-order valence-corrected chi connectivity index (χ4v) is 1.83. The Kier molecular flexibility index (Phi) is 2.50. The van der Waals surface area contributed by atoms with Crippen LogP contribution in [-0.4, -0.2) is 24.1 Å². The predicted molar refractivity (Wildman–Crippen MR) is 63.5 cm³/mol. The molecule has 0 spiro atoms. The molecule has 86 valence electrons. The highest BCUT2D eigenvalue weighted by molar-refractivity contribution is 5.14.